The van der Waals surface area contributed by atoms with Crippen LogP contribution in [0, 0.1) is 5.92 Å². The first-order valence-electron chi connectivity index (χ1n) is 15.5. The molecule has 0 bridgehead atoms. The van der Waals surface area contributed by atoms with Gasteiger partial charge in [-0.15, -0.1) is 5.90 Å². The second-order valence-corrected chi connectivity index (χ2v) is 13.3. The number of oxime groups is 1. The molecule has 1 aliphatic carbocycles. The van der Waals surface area contributed by atoms with Crippen LogP contribution in [0.15, 0.2) is 71.1 Å². The molecule has 47 heavy (non-hydrogen) atoms. The van der Waals surface area contributed by atoms with Gasteiger partial charge in [-0.2, -0.15) is 4.72 Å². The van der Waals surface area contributed by atoms with Gasteiger partial charge in [-0.25, -0.2) is 13.4 Å². The Balaban J connectivity index is 1.29. The number of sulfonamides is 1. The Hall–Kier alpha value is -4.67. The number of hydrogen-bond donors (Lipinski definition) is 4. The average Bonchev–Trinajstić information content (AvgIpc) is 3.93. The monoisotopic (exact) mass is 665 g/mol. The number of amides is 3. The number of carbonyl (C=O) groups excluding carboxylic acids is 3. The summed E-state index contributed by atoms with van der Waals surface area (Å²) in [6, 6.07) is 10.5. The van der Waals surface area contributed by atoms with E-state index in [0.717, 1.165) is 43.0 Å². The topological polar surface area (TPSA) is 201 Å². The van der Waals surface area contributed by atoms with Crippen molar-refractivity contribution in [1.29, 1.82) is 0 Å². The molecule has 16 heteroatoms. The maximum Gasteiger partial charge on any atom is 0.271 e. The standard InChI is InChI=1S/C31H39N9O6S/c32-46-37-21-39-14-3-4-22(20-39)18-36-29(41)17-27(38-47(44,45)26-10-7-23-5-1-2-6-24(23)16-26)31(43)40(25-8-9-25)15-13-35-30(42)28-19-33-11-12-34-28/h1-2,5-7,10-12,16,19,21-22,25,27,38H,3-4,8-9,13-15,17-18,20,32H2,(H,35,42)(H,36,41)/t22-,27-/m0/s1. The van der Waals surface area contributed by atoms with E-state index in [1.165, 1.54) is 42.0 Å². The van der Waals surface area contributed by atoms with Gasteiger partial charge >= 0.3 is 0 Å². The molecule has 0 radical (unpaired) electrons. The Bertz CT molecular complexity index is 1690. The minimum absolute atomic E-state index is 0.0194. The van der Waals surface area contributed by atoms with E-state index in [0.29, 0.717) is 13.1 Å². The summed E-state index contributed by atoms with van der Waals surface area (Å²) in [6.45, 7) is 1.97. The molecule has 3 aromatic rings. The summed E-state index contributed by atoms with van der Waals surface area (Å²) < 4.78 is 29.8. The van der Waals surface area contributed by atoms with Crippen LogP contribution in [0.2, 0.25) is 0 Å². The first-order valence-corrected chi connectivity index (χ1v) is 17.0. The highest BCUT2D eigenvalue weighted by molar-refractivity contribution is 7.89. The largest absolute Gasteiger partial charge is 0.359 e. The Kier molecular flexibility index (Phi) is 11.3. The fourth-order valence-corrected chi connectivity index (χ4v) is 6.83. The van der Waals surface area contributed by atoms with Gasteiger partial charge in [-0.3, -0.25) is 19.4 Å². The molecule has 0 unspecified atom stereocenters. The van der Waals surface area contributed by atoms with Crippen molar-refractivity contribution in [3.05, 3.63) is 66.7 Å². The first kappa shape index (κ1) is 33.7. The summed E-state index contributed by atoms with van der Waals surface area (Å²) >= 11 is 0. The minimum atomic E-state index is -4.21. The zero-order chi connectivity index (χ0) is 33.2. The number of rotatable bonds is 15. The summed E-state index contributed by atoms with van der Waals surface area (Å²) in [6.07, 6.45) is 8.52. The van der Waals surface area contributed by atoms with Gasteiger partial charge in [0.15, 0.2) is 0 Å². The van der Waals surface area contributed by atoms with E-state index >= 15 is 0 Å². The van der Waals surface area contributed by atoms with Crippen LogP contribution in [-0.2, 0) is 24.6 Å². The third-order valence-corrected chi connectivity index (χ3v) is 9.60. The molecule has 2 aromatic carbocycles. The number of piperidine rings is 1. The highest BCUT2D eigenvalue weighted by atomic mass is 32.2. The quantitative estimate of drug-likeness (QED) is 0.102. The zero-order valence-corrected chi connectivity index (χ0v) is 26.6. The van der Waals surface area contributed by atoms with Crippen LogP contribution in [0.5, 0.6) is 0 Å². The van der Waals surface area contributed by atoms with E-state index in [9.17, 15) is 22.8 Å². The summed E-state index contributed by atoms with van der Waals surface area (Å²) in [5.41, 5.74) is 0.135. The van der Waals surface area contributed by atoms with Crippen molar-refractivity contribution in [1.82, 2.24) is 35.1 Å². The molecule has 250 valence electrons. The Morgan fingerprint density at radius 1 is 1.11 bits per heavy atom. The van der Waals surface area contributed by atoms with Crippen molar-refractivity contribution >= 4 is 44.9 Å². The summed E-state index contributed by atoms with van der Waals surface area (Å²) in [5, 5.41) is 10.8. The lowest BCUT2D eigenvalue weighted by molar-refractivity contribution is -0.136. The lowest BCUT2D eigenvalue weighted by atomic mass is 9.98. The van der Waals surface area contributed by atoms with E-state index in [-0.39, 0.29) is 35.6 Å². The summed E-state index contributed by atoms with van der Waals surface area (Å²) in [7, 11) is -4.21. The molecule has 1 saturated carbocycles. The predicted molar refractivity (Wildman–Crippen MR) is 173 cm³/mol. The molecule has 2 aliphatic rings. The number of fused-ring (bicyclic) bond motifs is 1. The molecule has 0 spiro atoms. The van der Waals surface area contributed by atoms with Crippen LogP contribution >= 0.6 is 0 Å². The lowest BCUT2D eigenvalue weighted by Gasteiger charge is -2.31. The van der Waals surface area contributed by atoms with Gasteiger partial charge in [0.1, 0.15) is 18.1 Å². The van der Waals surface area contributed by atoms with Crippen LogP contribution in [0.4, 0.5) is 0 Å². The molecular formula is C31H39N9O6S. The van der Waals surface area contributed by atoms with Gasteiger partial charge in [-0.1, -0.05) is 35.5 Å². The van der Waals surface area contributed by atoms with Crippen LogP contribution in [-0.4, -0.2) is 97.1 Å². The molecule has 1 aliphatic heterocycles. The highest BCUT2D eigenvalue weighted by Gasteiger charge is 2.38. The number of hydrogen-bond acceptors (Lipinski definition) is 10. The first-order chi connectivity index (χ1) is 22.7. The maximum absolute atomic E-state index is 14.0. The minimum Gasteiger partial charge on any atom is -0.359 e. The third-order valence-electron chi connectivity index (χ3n) is 8.13. The van der Waals surface area contributed by atoms with E-state index in [2.05, 4.69) is 35.4 Å². The maximum atomic E-state index is 14.0. The van der Waals surface area contributed by atoms with Crippen LogP contribution in [0.25, 0.3) is 10.8 Å². The second-order valence-electron chi connectivity index (χ2n) is 11.6. The van der Waals surface area contributed by atoms with E-state index in [1.807, 2.05) is 23.1 Å². The van der Waals surface area contributed by atoms with Crippen molar-refractivity contribution in [3.8, 4) is 0 Å². The van der Waals surface area contributed by atoms with Gasteiger partial charge in [0, 0.05) is 51.2 Å². The van der Waals surface area contributed by atoms with E-state index in [1.54, 1.807) is 12.1 Å². The fourth-order valence-electron chi connectivity index (χ4n) is 5.60. The third kappa shape index (κ3) is 9.43. The second kappa shape index (κ2) is 15.8. The Morgan fingerprint density at radius 2 is 1.91 bits per heavy atom. The van der Waals surface area contributed by atoms with Crippen LogP contribution in [0.1, 0.15) is 42.6 Å². The SMILES string of the molecule is NON=CN1CCC[C@@H](CNC(=O)C[C@H](NS(=O)(=O)c2ccc3ccccc3c2)C(=O)N(CCNC(=O)c2cnccn2)C2CC2)C1. The average molecular weight is 666 g/mol. The van der Waals surface area contributed by atoms with Gasteiger partial charge in [-0.05, 0) is 54.5 Å². The highest BCUT2D eigenvalue weighted by Crippen LogP contribution is 2.28. The molecule has 5 N–H and O–H groups in total. The molecule has 3 amide bonds. The molecule has 5 rings (SSSR count). The number of nitrogens with one attached hydrogen (secondary N) is 3. The number of nitrogens with two attached hydrogens (primary N) is 1. The number of carbonyl (C=O) groups is 3. The predicted octanol–water partition coefficient (Wildman–Crippen LogP) is 0.750. The number of aromatic nitrogens is 2. The number of likely N-dealkylation sites (tertiary alicyclic amines) is 1. The van der Waals surface area contributed by atoms with Crippen molar-refractivity contribution in [2.24, 2.45) is 17.0 Å². The van der Waals surface area contributed by atoms with Crippen molar-refractivity contribution in [3.63, 3.8) is 0 Å². The Labute approximate surface area is 272 Å². The van der Waals surface area contributed by atoms with Gasteiger partial charge < -0.3 is 25.4 Å². The van der Waals surface area contributed by atoms with Gasteiger partial charge in [0.2, 0.25) is 21.8 Å². The molecule has 15 nitrogen and oxygen atoms in total. The number of benzene rings is 2. The van der Waals surface area contributed by atoms with E-state index in [4.69, 9.17) is 5.90 Å². The molecule has 1 aromatic heterocycles. The molecular weight excluding hydrogens is 626 g/mol. The molecule has 1 saturated heterocycles. The van der Waals surface area contributed by atoms with Crippen LogP contribution < -0.4 is 21.3 Å². The van der Waals surface area contributed by atoms with Crippen molar-refractivity contribution in [2.75, 3.05) is 32.7 Å². The fraction of sp³-hybridized carbons (Fsp3) is 0.419. The normalized spacial score (nSPS) is 17.3. The summed E-state index contributed by atoms with van der Waals surface area (Å²) in [4.78, 5) is 55.4. The van der Waals surface area contributed by atoms with E-state index < -0.39 is 40.2 Å². The van der Waals surface area contributed by atoms with Crippen LogP contribution in [0.3, 0.4) is 0 Å². The van der Waals surface area contributed by atoms with Crippen molar-refractivity contribution in [2.45, 2.75) is 49.1 Å². The van der Waals surface area contributed by atoms with Gasteiger partial charge in [0.05, 0.1) is 17.5 Å². The smallest absolute Gasteiger partial charge is 0.271 e. The Morgan fingerprint density at radius 3 is 2.66 bits per heavy atom. The van der Waals surface area contributed by atoms with Crippen molar-refractivity contribution < 1.29 is 27.7 Å². The molecule has 2 heterocycles. The zero-order valence-electron chi connectivity index (χ0n) is 25.8. The molecule has 2 fully saturated rings. The van der Waals surface area contributed by atoms with Gasteiger partial charge in [0.25, 0.3) is 5.91 Å². The number of nitrogens with zero attached hydrogens (tertiary/aromatic N) is 5. The summed E-state index contributed by atoms with van der Waals surface area (Å²) in [5.74, 6) is 3.64. The lowest BCUT2D eigenvalue weighted by Crippen LogP contribution is -2.52. The molecule has 2 atom stereocenters.